The lowest BCUT2D eigenvalue weighted by Crippen LogP contribution is -2.32. The van der Waals surface area contributed by atoms with E-state index < -0.39 is 17.7 Å². The molecule has 120 valence electrons. The van der Waals surface area contributed by atoms with Crippen molar-refractivity contribution in [1.29, 1.82) is 0 Å². The van der Waals surface area contributed by atoms with Gasteiger partial charge in [0.2, 0.25) is 0 Å². The number of ether oxygens (including phenoxy) is 1. The van der Waals surface area contributed by atoms with Gasteiger partial charge in [-0.05, 0) is 38.3 Å². The lowest BCUT2D eigenvalue weighted by molar-refractivity contribution is -0.136. The van der Waals surface area contributed by atoms with Crippen LogP contribution in [0.1, 0.15) is 38.3 Å². The first-order valence-corrected chi connectivity index (χ1v) is 7.21. The molecule has 5 nitrogen and oxygen atoms in total. The summed E-state index contributed by atoms with van der Waals surface area (Å²) < 4.78 is 5.13. The lowest BCUT2D eigenvalue weighted by atomic mass is 10.0. The van der Waals surface area contributed by atoms with Gasteiger partial charge in [-0.25, -0.2) is 4.79 Å². The maximum atomic E-state index is 11.5. The van der Waals surface area contributed by atoms with Crippen LogP contribution in [0, 0.1) is 0 Å². The highest BCUT2D eigenvalue weighted by molar-refractivity contribution is 5.68. The zero-order valence-electron chi connectivity index (χ0n) is 13.3. The normalized spacial score (nSPS) is 11.4. The minimum absolute atomic E-state index is 0.0982. The van der Waals surface area contributed by atoms with E-state index in [0.29, 0.717) is 13.0 Å². The monoisotopic (exact) mass is 305 g/mol. The number of carbonyl (C=O) groups is 2. The molecule has 1 rings (SSSR count). The van der Waals surface area contributed by atoms with E-state index in [2.05, 4.69) is 5.32 Å². The fraction of sp³-hybridized carbons (Fsp3) is 0.412. The van der Waals surface area contributed by atoms with Gasteiger partial charge in [0.15, 0.2) is 0 Å². The van der Waals surface area contributed by atoms with Crippen LogP contribution in [0.5, 0.6) is 0 Å². The van der Waals surface area contributed by atoms with E-state index in [-0.39, 0.29) is 6.42 Å². The molecule has 2 N–H and O–H groups in total. The molecule has 0 heterocycles. The van der Waals surface area contributed by atoms with Crippen molar-refractivity contribution in [3.05, 3.63) is 41.5 Å². The number of rotatable bonds is 6. The number of aliphatic carboxylic acids is 1. The molecule has 0 aliphatic carbocycles. The lowest BCUT2D eigenvalue weighted by Gasteiger charge is -2.19. The molecule has 0 atom stereocenters. The van der Waals surface area contributed by atoms with Crippen LogP contribution in [0.15, 0.2) is 30.3 Å². The summed E-state index contributed by atoms with van der Waals surface area (Å²) >= 11 is 0. The number of benzene rings is 1. The maximum absolute atomic E-state index is 11.5. The molecular weight excluding hydrogens is 282 g/mol. The summed E-state index contributed by atoms with van der Waals surface area (Å²) in [4.78, 5) is 22.1. The largest absolute Gasteiger partial charge is 0.481 e. The second-order valence-corrected chi connectivity index (χ2v) is 5.88. The van der Waals surface area contributed by atoms with Crippen LogP contribution in [-0.2, 0) is 16.0 Å². The van der Waals surface area contributed by atoms with Gasteiger partial charge in [-0.3, -0.25) is 4.79 Å². The fourth-order valence-electron chi connectivity index (χ4n) is 1.81. The third-order valence-electron chi connectivity index (χ3n) is 2.72. The second kappa shape index (κ2) is 8.22. The van der Waals surface area contributed by atoms with E-state index in [1.165, 1.54) is 0 Å². The van der Waals surface area contributed by atoms with E-state index in [1.54, 1.807) is 20.8 Å². The summed E-state index contributed by atoms with van der Waals surface area (Å²) in [5.74, 6) is -0.814. The number of amides is 1. The average molecular weight is 305 g/mol. The zero-order valence-corrected chi connectivity index (χ0v) is 13.3. The summed E-state index contributed by atoms with van der Waals surface area (Å²) in [6, 6.07) is 7.60. The predicted molar refractivity (Wildman–Crippen MR) is 85.7 cm³/mol. The molecule has 0 aromatic heterocycles. The molecule has 1 aromatic carbocycles. The number of hydrogen-bond acceptors (Lipinski definition) is 3. The Morgan fingerprint density at radius 1 is 1.27 bits per heavy atom. The fourth-order valence-corrected chi connectivity index (χ4v) is 1.81. The van der Waals surface area contributed by atoms with Gasteiger partial charge in [0.1, 0.15) is 5.60 Å². The Kier molecular flexibility index (Phi) is 6.63. The minimum Gasteiger partial charge on any atom is -0.481 e. The molecule has 0 saturated carbocycles. The van der Waals surface area contributed by atoms with Gasteiger partial charge in [0.25, 0.3) is 0 Å². The number of aryl methyl sites for hydroxylation is 1. The molecular formula is C17H23NO4. The molecule has 22 heavy (non-hydrogen) atoms. The van der Waals surface area contributed by atoms with Crippen molar-refractivity contribution in [3.8, 4) is 0 Å². The van der Waals surface area contributed by atoms with Gasteiger partial charge in [-0.2, -0.15) is 0 Å². The van der Waals surface area contributed by atoms with Crippen LogP contribution in [0.25, 0.3) is 6.08 Å². The third kappa shape index (κ3) is 7.47. The Morgan fingerprint density at radius 3 is 2.59 bits per heavy atom. The summed E-state index contributed by atoms with van der Waals surface area (Å²) in [7, 11) is 0. The summed E-state index contributed by atoms with van der Waals surface area (Å²) in [6.07, 6.45) is 3.80. The highest BCUT2D eigenvalue weighted by Gasteiger charge is 2.14. The van der Waals surface area contributed by atoms with Crippen LogP contribution < -0.4 is 5.32 Å². The average Bonchev–Trinajstić information content (AvgIpc) is 2.40. The Bertz CT molecular complexity index is 544. The summed E-state index contributed by atoms with van der Waals surface area (Å²) in [5.41, 5.74) is 1.41. The predicted octanol–water partition coefficient (Wildman–Crippen LogP) is 3.24. The molecule has 0 aliphatic rings. The molecule has 0 spiro atoms. The van der Waals surface area contributed by atoms with E-state index >= 15 is 0 Å². The first kappa shape index (κ1) is 17.8. The molecule has 0 saturated heterocycles. The maximum Gasteiger partial charge on any atom is 0.407 e. The number of nitrogens with one attached hydrogen (secondary N) is 1. The van der Waals surface area contributed by atoms with Gasteiger partial charge in [0.05, 0.1) is 0 Å². The van der Waals surface area contributed by atoms with Gasteiger partial charge in [-0.1, -0.05) is 36.4 Å². The number of carbonyl (C=O) groups excluding carboxylic acids is 1. The molecule has 0 fully saturated rings. The standard InChI is InChI=1S/C17H23NO4/c1-17(2,3)22-16(21)18-12-6-9-13-7-4-5-8-14(13)10-11-15(19)20/h4-9H,10-12H2,1-3H3,(H,18,21)(H,19,20). The van der Waals surface area contributed by atoms with Crippen molar-refractivity contribution in [3.63, 3.8) is 0 Å². The Balaban J connectivity index is 2.52. The van der Waals surface area contributed by atoms with Crippen molar-refractivity contribution in [2.24, 2.45) is 0 Å². The topological polar surface area (TPSA) is 75.6 Å². The molecule has 0 aliphatic heterocycles. The molecule has 1 amide bonds. The second-order valence-electron chi connectivity index (χ2n) is 5.88. The minimum atomic E-state index is -0.814. The van der Waals surface area contributed by atoms with Gasteiger partial charge >= 0.3 is 12.1 Å². The first-order chi connectivity index (χ1) is 10.3. The van der Waals surface area contributed by atoms with Crippen LogP contribution in [0.2, 0.25) is 0 Å². The number of carboxylic acid groups (broad SMARTS) is 1. The molecule has 5 heteroatoms. The number of hydrogen-bond donors (Lipinski definition) is 2. The zero-order chi connectivity index (χ0) is 16.6. The number of carboxylic acids is 1. The smallest absolute Gasteiger partial charge is 0.407 e. The van der Waals surface area contributed by atoms with Crippen LogP contribution in [0.3, 0.4) is 0 Å². The van der Waals surface area contributed by atoms with E-state index in [0.717, 1.165) is 11.1 Å². The SMILES string of the molecule is CC(C)(C)OC(=O)NCC=Cc1ccccc1CCC(=O)O. The molecule has 0 bridgehead atoms. The van der Waals surface area contributed by atoms with E-state index in [1.807, 2.05) is 36.4 Å². The quantitative estimate of drug-likeness (QED) is 0.846. The van der Waals surface area contributed by atoms with E-state index in [4.69, 9.17) is 9.84 Å². The van der Waals surface area contributed by atoms with Crippen LogP contribution in [0.4, 0.5) is 4.79 Å². The highest BCUT2D eigenvalue weighted by Crippen LogP contribution is 2.13. The van der Waals surface area contributed by atoms with Crippen molar-refractivity contribution in [2.45, 2.75) is 39.2 Å². The Morgan fingerprint density at radius 2 is 1.95 bits per heavy atom. The Labute approximate surface area is 131 Å². The van der Waals surface area contributed by atoms with Gasteiger partial charge in [0, 0.05) is 13.0 Å². The summed E-state index contributed by atoms with van der Waals surface area (Å²) in [6.45, 7) is 5.77. The third-order valence-corrected chi connectivity index (χ3v) is 2.72. The molecule has 1 aromatic rings. The van der Waals surface area contributed by atoms with Crippen molar-refractivity contribution >= 4 is 18.1 Å². The highest BCUT2D eigenvalue weighted by atomic mass is 16.6. The first-order valence-electron chi connectivity index (χ1n) is 7.21. The summed E-state index contributed by atoms with van der Waals surface area (Å²) in [5, 5.41) is 11.4. The van der Waals surface area contributed by atoms with Gasteiger partial charge in [-0.15, -0.1) is 0 Å². The molecule has 0 unspecified atom stereocenters. The van der Waals surface area contributed by atoms with Crippen molar-refractivity contribution in [1.82, 2.24) is 5.32 Å². The van der Waals surface area contributed by atoms with Crippen LogP contribution >= 0.6 is 0 Å². The number of alkyl carbamates (subject to hydrolysis) is 1. The van der Waals surface area contributed by atoms with E-state index in [9.17, 15) is 9.59 Å². The van der Waals surface area contributed by atoms with Gasteiger partial charge < -0.3 is 15.2 Å². The van der Waals surface area contributed by atoms with Crippen molar-refractivity contribution in [2.75, 3.05) is 6.54 Å². The molecule has 0 radical (unpaired) electrons. The van der Waals surface area contributed by atoms with Crippen molar-refractivity contribution < 1.29 is 19.4 Å². The van der Waals surface area contributed by atoms with Crippen LogP contribution in [-0.4, -0.2) is 29.3 Å². The Hall–Kier alpha value is -2.30.